The van der Waals surface area contributed by atoms with Gasteiger partial charge in [-0.3, -0.25) is 9.56 Å². The highest BCUT2D eigenvalue weighted by molar-refractivity contribution is 8.24. The van der Waals surface area contributed by atoms with Crippen molar-refractivity contribution in [2.24, 2.45) is 4.99 Å². The Kier molecular flexibility index (Phi) is 8.51. The lowest BCUT2D eigenvalue weighted by molar-refractivity contribution is 0.230. The van der Waals surface area contributed by atoms with E-state index in [4.69, 9.17) is 14.5 Å². The minimum Gasteiger partial charge on any atom is -0.493 e. The maximum Gasteiger partial charge on any atom is 0.339 e. The van der Waals surface area contributed by atoms with Gasteiger partial charge in [0.05, 0.1) is 13.2 Å². The summed E-state index contributed by atoms with van der Waals surface area (Å²) in [5.41, 5.74) is 3.66. The summed E-state index contributed by atoms with van der Waals surface area (Å²) in [6.45, 7) is 4.90. The summed E-state index contributed by atoms with van der Waals surface area (Å²) >= 11 is 15.6. The summed E-state index contributed by atoms with van der Waals surface area (Å²) in [6, 6.07) is 8.46. The van der Waals surface area contributed by atoms with E-state index in [0.717, 1.165) is 36.6 Å². The number of fused-ring (bicyclic) bond motifs is 1. The van der Waals surface area contributed by atoms with Crippen LogP contribution in [-0.2, 0) is 17.4 Å². The van der Waals surface area contributed by atoms with Crippen molar-refractivity contribution in [3.8, 4) is 11.5 Å². The molecule has 1 aromatic heterocycles. The summed E-state index contributed by atoms with van der Waals surface area (Å²) in [4.78, 5) is 6.09. The molecule has 0 amide bonds. The van der Waals surface area contributed by atoms with Gasteiger partial charge in [-0.2, -0.15) is 0 Å². The van der Waals surface area contributed by atoms with Crippen LogP contribution in [0.3, 0.4) is 0 Å². The van der Waals surface area contributed by atoms with Crippen molar-refractivity contribution in [1.82, 2.24) is 0 Å². The Morgan fingerprint density at radius 2 is 1.96 bits per heavy atom. The van der Waals surface area contributed by atoms with Gasteiger partial charge in [-0.25, -0.2) is 0 Å². The van der Waals surface area contributed by atoms with Crippen LogP contribution < -0.4 is 9.47 Å². The van der Waals surface area contributed by atoms with Crippen molar-refractivity contribution < 1.29 is 14.0 Å². The van der Waals surface area contributed by atoms with Crippen LogP contribution in [0.25, 0.3) is 0 Å². The van der Waals surface area contributed by atoms with E-state index in [1.165, 1.54) is 16.0 Å². The summed E-state index contributed by atoms with van der Waals surface area (Å²) < 4.78 is 20.9. The van der Waals surface area contributed by atoms with Crippen molar-refractivity contribution in [3.05, 3.63) is 45.6 Å². The zero-order valence-electron chi connectivity index (χ0n) is 15.2. The molecule has 0 fully saturated rings. The first kappa shape index (κ1) is 22.6. The summed E-state index contributed by atoms with van der Waals surface area (Å²) in [5, 5.41) is -1.11. The van der Waals surface area contributed by atoms with Crippen LogP contribution in [0.1, 0.15) is 29.9 Å². The summed E-state index contributed by atoms with van der Waals surface area (Å²) in [7, 11) is 1.69. The number of benzene rings is 1. The molecule has 0 saturated heterocycles. The largest absolute Gasteiger partial charge is 0.493 e. The molecule has 2 heterocycles. The molecule has 0 radical (unpaired) electrons. The van der Waals surface area contributed by atoms with Gasteiger partial charge in [0.1, 0.15) is 0 Å². The number of ether oxygens (including phenoxy) is 2. The molecule has 9 heteroatoms. The molecule has 2 aromatic rings. The highest BCUT2D eigenvalue weighted by atomic mass is 36.0. The van der Waals surface area contributed by atoms with Gasteiger partial charge in [0.25, 0.3) is 0 Å². The van der Waals surface area contributed by atoms with Crippen LogP contribution in [0.15, 0.2) is 34.6 Å². The molecule has 4 nitrogen and oxygen atoms in total. The van der Waals surface area contributed by atoms with Gasteiger partial charge in [0.2, 0.25) is 0 Å². The molecule has 1 aliphatic rings. The Morgan fingerprint density at radius 3 is 2.52 bits per heavy atom. The third kappa shape index (κ3) is 7.67. The first-order valence-electron chi connectivity index (χ1n) is 8.30. The maximum absolute atomic E-state index is 9.51. The number of hydrogen-bond acceptors (Lipinski definition) is 5. The van der Waals surface area contributed by atoms with E-state index in [9.17, 15) is 4.57 Å². The van der Waals surface area contributed by atoms with Crippen LogP contribution in [0.2, 0.25) is 0 Å². The molecular weight excluding hydrogens is 448 g/mol. The van der Waals surface area contributed by atoms with E-state index in [1.54, 1.807) is 18.4 Å². The monoisotopic (exact) mass is 467 g/mol. The standard InChI is InChI=1S/C18H21NO2S.Cl3OP/c1-12(2)21-18-11-15-13(9-17(18)20-3)6-7-19-16(15)10-14-5-4-8-22-14;1-5(2,3)4/h4-5,8-9,11-12H,6-7,10H2,1-3H3;. The third-order valence-corrected chi connectivity index (χ3v) is 4.55. The normalized spacial score (nSPS) is 13.4. The van der Waals surface area contributed by atoms with Gasteiger partial charge < -0.3 is 9.47 Å². The van der Waals surface area contributed by atoms with Crippen LogP contribution in [0.5, 0.6) is 11.5 Å². The highest BCUT2D eigenvalue weighted by Crippen LogP contribution is 2.61. The molecule has 0 N–H and O–H groups in total. The SMILES string of the molecule is COc1cc2c(cc1OC(C)C)C(Cc1cccs1)=NCC2.O=P(Cl)(Cl)Cl. The van der Waals surface area contributed by atoms with Crippen LogP contribution >= 0.6 is 50.3 Å². The molecule has 3 rings (SSSR count). The molecular formula is C18H21Cl3NO3PS. The number of rotatable bonds is 5. The van der Waals surface area contributed by atoms with E-state index in [0.29, 0.717) is 0 Å². The second-order valence-corrected chi connectivity index (χ2v) is 13.7. The first-order valence-corrected chi connectivity index (χ1v) is 13.6. The fourth-order valence-corrected chi connectivity index (χ4v) is 3.42. The molecule has 1 aliphatic heterocycles. The zero-order chi connectivity index (χ0) is 20.0. The molecule has 0 atom stereocenters. The van der Waals surface area contributed by atoms with Gasteiger partial charge in [-0.1, -0.05) is 6.07 Å². The second kappa shape index (κ2) is 10.2. The lowest BCUT2D eigenvalue weighted by Gasteiger charge is -2.21. The number of hydrogen-bond donors (Lipinski definition) is 0. The average Bonchev–Trinajstić information content (AvgIpc) is 3.06. The second-order valence-electron chi connectivity index (χ2n) is 6.06. The van der Waals surface area contributed by atoms with Crippen molar-refractivity contribution >= 4 is 56.0 Å². The Balaban J connectivity index is 0.000000465. The fraction of sp³-hybridized carbons (Fsp3) is 0.389. The molecule has 0 saturated carbocycles. The van der Waals surface area contributed by atoms with Gasteiger partial charge in [0.15, 0.2) is 11.5 Å². The fourth-order valence-electron chi connectivity index (χ4n) is 2.71. The maximum atomic E-state index is 9.51. The molecule has 1 aromatic carbocycles. The Morgan fingerprint density at radius 1 is 1.26 bits per heavy atom. The third-order valence-electron chi connectivity index (χ3n) is 3.67. The van der Waals surface area contributed by atoms with E-state index < -0.39 is 5.20 Å². The van der Waals surface area contributed by atoms with Gasteiger partial charge in [0, 0.05) is 29.1 Å². The van der Waals surface area contributed by atoms with Crippen molar-refractivity contribution in [3.63, 3.8) is 0 Å². The minimum atomic E-state index is -3.22. The van der Waals surface area contributed by atoms with Crippen molar-refractivity contribution in [2.45, 2.75) is 32.8 Å². The summed E-state index contributed by atoms with van der Waals surface area (Å²) in [6.07, 6.45) is 1.97. The van der Waals surface area contributed by atoms with Gasteiger partial charge >= 0.3 is 5.20 Å². The van der Waals surface area contributed by atoms with Crippen molar-refractivity contribution in [1.29, 1.82) is 0 Å². The van der Waals surface area contributed by atoms with Crippen LogP contribution in [0.4, 0.5) is 0 Å². The number of aliphatic imine (C=N–C) groups is 1. The molecule has 148 valence electrons. The van der Waals surface area contributed by atoms with Gasteiger partial charge in [-0.15, -0.1) is 11.3 Å². The molecule has 0 aliphatic carbocycles. The van der Waals surface area contributed by atoms with E-state index in [1.807, 2.05) is 13.8 Å². The molecule has 0 unspecified atom stereocenters. The number of methoxy groups -OCH3 is 1. The molecule has 27 heavy (non-hydrogen) atoms. The lowest BCUT2D eigenvalue weighted by Crippen LogP contribution is -2.16. The predicted octanol–water partition coefficient (Wildman–Crippen LogP) is 6.94. The van der Waals surface area contributed by atoms with Crippen molar-refractivity contribution in [2.75, 3.05) is 13.7 Å². The van der Waals surface area contributed by atoms with E-state index in [-0.39, 0.29) is 6.10 Å². The predicted molar refractivity (Wildman–Crippen MR) is 117 cm³/mol. The minimum absolute atomic E-state index is 0.119. The first-order chi connectivity index (χ1) is 12.7. The Bertz CT molecular complexity index is 826. The number of halogens is 3. The van der Waals surface area contributed by atoms with Crippen LogP contribution in [0, 0.1) is 0 Å². The Labute approximate surface area is 178 Å². The highest BCUT2D eigenvalue weighted by Gasteiger charge is 2.19. The van der Waals surface area contributed by atoms with E-state index >= 15 is 0 Å². The molecule has 0 bridgehead atoms. The smallest absolute Gasteiger partial charge is 0.339 e. The quantitative estimate of drug-likeness (QED) is 0.446. The van der Waals surface area contributed by atoms with E-state index in [2.05, 4.69) is 63.4 Å². The number of thiophene rings is 1. The van der Waals surface area contributed by atoms with Crippen LogP contribution in [-0.4, -0.2) is 25.5 Å². The summed E-state index contributed by atoms with van der Waals surface area (Å²) in [5.74, 6) is 1.61. The zero-order valence-corrected chi connectivity index (χ0v) is 19.2. The topological polar surface area (TPSA) is 47.9 Å². The number of nitrogens with zero attached hydrogens (tertiary/aromatic N) is 1. The Hall–Kier alpha value is -0.710. The van der Waals surface area contributed by atoms with Gasteiger partial charge in [-0.05, 0) is 83.1 Å². The lowest BCUT2D eigenvalue weighted by atomic mass is 9.94. The molecule has 0 spiro atoms. The average molecular weight is 469 g/mol.